The van der Waals surface area contributed by atoms with Crippen LogP contribution >= 0.6 is 0 Å². The minimum absolute atomic E-state index is 0.305. The molecule has 0 spiro atoms. The molecule has 2 atom stereocenters. The standard InChI is InChI=1S/C44H38O/c1-2-28-3-13-37(14-4-28)43-23-29-19-30(24-43)26-44(25-29,27-43)38-15-9-32(10-16-38)35-11-17-41-39(21-35)40-22-36(12-18-42(40)45-41)34-8-6-31-5-7-33(31)20-34/h2-4,6,8-18,20-22,29-30H,1,5,7,19,23-27H2. The number of hydrogen-bond donors (Lipinski definition) is 0. The summed E-state index contributed by atoms with van der Waals surface area (Å²) in [4.78, 5) is 0. The number of furan rings is 1. The molecule has 6 aromatic rings. The zero-order valence-corrected chi connectivity index (χ0v) is 25.8. The first-order valence-corrected chi connectivity index (χ1v) is 17.0. The van der Waals surface area contributed by atoms with Crippen LogP contribution in [-0.2, 0) is 23.7 Å². The summed E-state index contributed by atoms with van der Waals surface area (Å²) < 4.78 is 6.30. The highest BCUT2D eigenvalue weighted by Gasteiger charge is 2.58. The average molecular weight is 583 g/mol. The van der Waals surface area contributed by atoms with Gasteiger partial charge >= 0.3 is 0 Å². The quantitative estimate of drug-likeness (QED) is 0.197. The molecule has 0 N–H and O–H groups in total. The Kier molecular flexibility index (Phi) is 5.37. The Labute approximate surface area is 265 Å². The first kappa shape index (κ1) is 25.9. The predicted octanol–water partition coefficient (Wildman–Crippen LogP) is 11.5. The van der Waals surface area contributed by atoms with Crippen molar-refractivity contribution in [2.75, 3.05) is 0 Å². The van der Waals surface area contributed by atoms with E-state index in [-0.39, 0.29) is 0 Å². The van der Waals surface area contributed by atoms with E-state index in [9.17, 15) is 0 Å². The lowest BCUT2D eigenvalue weighted by atomic mass is 9.41. The SMILES string of the molecule is C=Cc1ccc(C23CC4CC(C2)CC(c2ccc(-c5ccc6oc7ccc(-c8ccc9c(c8)CC9)cc7c6c5)cc2)(C4)C3)cc1. The Morgan fingerprint density at radius 3 is 1.62 bits per heavy atom. The molecule has 1 heteroatoms. The fourth-order valence-corrected chi connectivity index (χ4v) is 10.4. The largest absolute Gasteiger partial charge is 0.456 e. The Balaban J connectivity index is 0.988. The van der Waals surface area contributed by atoms with E-state index in [0.717, 1.165) is 23.0 Å². The van der Waals surface area contributed by atoms with Crippen molar-refractivity contribution in [3.8, 4) is 22.3 Å². The zero-order chi connectivity index (χ0) is 29.8. The molecule has 1 aromatic heterocycles. The third-order valence-electron chi connectivity index (χ3n) is 12.3. The monoisotopic (exact) mass is 582 g/mol. The lowest BCUT2D eigenvalue weighted by Gasteiger charge is -2.63. The second-order valence-corrected chi connectivity index (χ2v) is 14.9. The maximum absolute atomic E-state index is 6.30. The van der Waals surface area contributed by atoms with Crippen LogP contribution in [0.5, 0.6) is 0 Å². The van der Waals surface area contributed by atoms with Gasteiger partial charge in [0.05, 0.1) is 0 Å². The number of fused-ring (bicyclic) bond motifs is 4. The van der Waals surface area contributed by atoms with E-state index in [1.807, 2.05) is 6.08 Å². The van der Waals surface area contributed by atoms with Crippen LogP contribution in [0.15, 0.2) is 114 Å². The van der Waals surface area contributed by atoms with E-state index in [2.05, 4.69) is 110 Å². The van der Waals surface area contributed by atoms with Crippen molar-refractivity contribution in [3.63, 3.8) is 0 Å². The van der Waals surface area contributed by atoms with Crippen molar-refractivity contribution in [1.82, 2.24) is 0 Å². The molecule has 1 heterocycles. The van der Waals surface area contributed by atoms with Crippen molar-refractivity contribution in [1.29, 1.82) is 0 Å². The molecule has 0 aliphatic heterocycles. The first-order chi connectivity index (χ1) is 22.1. The Hall–Kier alpha value is -4.36. The van der Waals surface area contributed by atoms with E-state index < -0.39 is 0 Å². The van der Waals surface area contributed by atoms with Crippen LogP contribution in [-0.4, -0.2) is 0 Å². The van der Waals surface area contributed by atoms with E-state index in [1.165, 1.54) is 101 Å². The van der Waals surface area contributed by atoms with Crippen LogP contribution in [0.4, 0.5) is 0 Å². The molecule has 5 aromatic carbocycles. The van der Waals surface area contributed by atoms with Gasteiger partial charge in [0.15, 0.2) is 0 Å². The fraction of sp³-hybridized carbons (Fsp3) is 0.273. The van der Waals surface area contributed by atoms with Crippen LogP contribution in [0.2, 0.25) is 0 Å². The van der Waals surface area contributed by atoms with Crippen LogP contribution in [0.1, 0.15) is 66.3 Å². The number of hydrogen-bond acceptors (Lipinski definition) is 1. The molecule has 2 unspecified atom stereocenters. The lowest BCUT2D eigenvalue weighted by molar-refractivity contribution is -0.0281. The molecule has 0 amide bonds. The van der Waals surface area contributed by atoms with Gasteiger partial charge in [-0.2, -0.15) is 0 Å². The normalized spacial score (nSPS) is 26.2. The molecule has 220 valence electrons. The molecule has 4 fully saturated rings. The lowest BCUT2D eigenvalue weighted by Crippen LogP contribution is -2.55. The van der Waals surface area contributed by atoms with Crippen LogP contribution < -0.4 is 0 Å². The minimum atomic E-state index is 0.305. The van der Waals surface area contributed by atoms with E-state index in [4.69, 9.17) is 4.42 Å². The molecule has 0 radical (unpaired) electrons. The summed E-state index contributed by atoms with van der Waals surface area (Å²) in [7, 11) is 0. The number of rotatable bonds is 5. The summed E-state index contributed by atoms with van der Waals surface area (Å²) in [5, 5.41) is 2.39. The molecule has 4 bridgehead atoms. The van der Waals surface area contributed by atoms with Gasteiger partial charge < -0.3 is 4.42 Å². The third kappa shape index (κ3) is 3.92. The fourth-order valence-electron chi connectivity index (χ4n) is 10.4. The summed E-state index contributed by atoms with van der Waals surface area (Å²) in [5.41, 5.74) is 15.0. The molecular formula is C44H38O. The molecule has 11 rings (SSSR count). The van der Waals surface area contributed by atoms with Crippen LogP contribution in [0.3, 0.4) is 0 Å². The maximum atomic E-state index is 6.30. The van der Waals surface area contributed by atoms with Gasteiger partial charge in [-0.25, -0.2) is 0 Å². The van der Waals surface area contributed by atoms with E-state index in [1.54, 1.807) is 11.1 Å². The summed E-state index contributed by atoms with van der Waals surface area (Å²) in [6, 6.07) is 39.4. The number of benzene rings is 5. The Morgan fingerprint density at radius 1 is 0.556 bits per heavy atom. The highest BCUT2D eigenvalue weighted by molar-refractivity contribution is 6.07. The van der Waals surface area contributed by atoms with Crippen LogP contribution in [0, 0.1) is 11.8 Å². The van der Waals surface area contributed by atoms with Gasteiger partial charge in [-0.1, -0.05) is 91.5 Å². The molecule has 1 nitrogen and oxygen atoms in total. The molecule has 45 heavy (non-hydrogen) atoms. The molecule has 4 saturated carbocycles. The second-order valence-electron chi connectivity index (χ2n) is 14.9. The third-order valence-corrected chi connectivity index (χ3v) is 12.3. The summed E-state index contributed by atoms with van der Waals surface area (Å²) >= 11 is 0. The Bertz CT molecular complexity index is 2130. The number of aryl methyl sites for hydroxylation is 2. The average Bonchev–Trinajstić information content (AvgIpc) is 3.42. The second kappa shape index (κ2) is 9.33. The van der Waals surface area contributed by atoms with Gasteiger partial charge in [0.2, 0.25) is 0 Å². The summed E-state index contributed by atoms with van der Waals surface area (Å²) in [5.74, 6) is 1.69. The zero-order valence-electron chi connectivity index (χ0n) is 25.8. The highest BCUT2D eigenvalue weighted by Crippen LogP contribution is 2.66. The maximum Gasteiger partial charge on any atom is 0.135 e. The van der Waals surface area contributed by atoms with Crippen LogP contribution in [0.25, 0.3) is 50.3 Å². The molecule has 0 saturated heterocycles. The van der Waals surface area contributed by atoms with Gasteiger partial charge in [-0.15, -0.1) is 0 Å². The minimum Gasteiger partial charge on any atom is -0.456 e. The summed E-state index contributed by atoms with van der Waals surface area (Å²) in [6.45, 7) is 3.97. The van der Waals surface area contributed by atoms with Gasteiger partial charge in [-0.05, 0) is 148 Å². The van der Waals surface area contributed by atoms with E-state index in [0.29, 0.717) is 10.8 Å². The van der Waals surface area contributed by atoms with E-state index >= 15 is 0 Å². The van der Waals surface area contributed by atoms with Crippen molar-refractivity contribution in [2.45, 2.75) is 62.2 Å². The molecule has 5 aliphatic rings. The van der Waals surface area contributed by atoms with Crippen molar-refractivity contribution in [3.05, 3.63) is 138 Å². The predicted molar refractivity (Wildman–Crippen MR) is 187 cm³/mol. The van der Waals surface area contributed by atoms with Gasteiger partial charge in [-0.3, -0.25) is 0 Å². The van der Waals surface area contributed by atoms with Crippen molar-refractivity contribution in [2.24, 2.45) is 11.8 Å². The van der Waals surface area contributed by atoms with Crippen molar-refractivity contribution < 1.29 is 4.42 Å². The van der Waals surface area contributed by atoms with Gasteiger partial charge in [0.1, 0.15) is 11.2 Å². The van der Waals surface area contributed by atoms with Gasteiger partial charge in [0, 0.05) is 10.8 Å². The molecule has 5 aliphatic carbocycles. The molecular weight excluding hydrogens is 544 g/mol. The first-order valence-electron chi connectivity index (χ1n) is 17.0. The van der Waals surface area contributed by atoms with Crippen molar-refractivity contribution >= 4 is 28.0 Å². The van der Waals surface area contributed by atoms with Gasteiger partial charge in [0.25, 0.3) is 0 Å². The smallest absolute Gasteiger partial charge is 0.135 e. The summed E-state index contributed by atoms with van der Waals surface area (Å²) in [6.07, 6.45) is 12.5. The highest BCUT2D eigenvalue weighted by atomic mass is 16.3. The topological polar surface area (TPSA) is 13.1 Å². The Morgan fingerprint density at radius 2 is 1.07 bits per heavy atom.